The van der Waals surface area contributed by atoms with Crippen molar-refractivity contribution >= 4 is 40.8 Å². The van der Waals surface area contributed by atoms with Gasteiger partial charge in [-0.15, -0.1) is 24.0 Å². The Kier molecular flexibility index (Phi) is 8.75. The Morgan fingerprint density at radius 1 is 1.36 bits per heavy atom. The van der Waals surface area contributed by atoms with Crippen LogP contribution >= 0.6 is 24.0 Å². The number of aromatic amines is 1. The Labute approximate surface area is 183 Å². The molecule has 1 aromatic heterocycles. The summed E-state index contributed by atoms with van der Waals surface area (Å²) in [6, 6.07) is 5.29. The second kappa shape index (κ2) is 10.8. The fourth-order valence-corrected chi connectivity index (χ4v) is 3.68. The number of piperidine rings is 1. The van der Waals surface area contributed by atoms with Crippen LogP contribution in [0.25, 0.3) is 10.9 Å². The number of fused-ring (bicyclic) bond motifs is 1. The zero-order chi connectivity index (χ0) is 19.2. The zero-order valence-corrected chi connectivity index (χ0v) is 19.1. The second-order valence-electron chi connectivity index (χ2n) is 7.40. The van der Waals surface area contributed by atoms with E-state index < -0.39 is 0 Å². The minimum Gasteiger partial charge on any atom is -0.361 e. The van der Waals surface area contributed by atoms with E-state index in [0.29, 0.717) is 6.04 Å². The van der Waals surface area contributed by atoms with Crippen LogP contribution in [0.2, 0.25) is 0 Å². The van der Waals surface area contributed by atoms with Crippen LogP contribution in [-0.2, 0) is 6.42 Å². The van der Waals surface area contributed by atoms with Gasteiger partial charge in [0, 0.05) is 56.4 Å². The Bertz CT molecular complexity index is 808. The average molecular weight is 499 g/mol. The first kappa shape index (κ1) is 22.7. The summed E-state index contributed by atoms with van der Waals surface area (Å²) in [5.41, 5.74) is 3.30. The minimum absolute atomic E-state index is 0. The van der Waals surface area contributed by atoms with Gasteiger partial charge < -0.3 is 15.6 Å². The van der Waals surface area contributed by atoms with Crippen molar-refractivity contribution in [3.05, 3.63) is 47.9 Å². The van der Waals surface area contributed by atoms with E-state index in [2.05, 4.69) is 39.0 Å². The van der Waals surface area contributed by atoms with Crippen molar-refractivity contribution in [2.75, 3.05) is 33.2 Å². The third-order valence-electron chi connectivity index (χ3n) is 5.06. The van der Waals surface area contributed by atoms with Crippen LogP contribution in [0.15, 0.2) is 41.5 Å². The summed E-state index contributed by atoms with van der Waals surface area (Å²) in [5.74, 6) is 0.631. The lowest BCUT2D eigenvalue weighted by molar-refractivity contribution is 0.221. The summed E-state index contributed by atoms with van der Waals surface area (Å²) in [6.45, 7) is 9.99. The SMILES string of the molecule is C=C(C)CN1CCC(NC(=NC)NCCc2c[nH]c3ccc(F)cc23)CC1.I. The maximum Gasteiger partial charge on any atom is 0.191 e. The van der Waals surface area contributed by atoms with E-state index >= 15 is 0 Å². The van der Waals surface area contributed by atoms with Crippen LogP contribution in [-0.4, -0.2) is 55.1 Å². The molecule has 3 N–H and O–H groups in total. The molecule has 0 radical (unpaired) electrons. The predicted octanol–water partition coefficient (Wildman–Crippen LogP) is 3.67. The molecule has 154 valence electrons. The first-order valence-corrected chi connectivity index (χ1v) is 9.64. The zero-order valence-electron chi connectivity index (χ0n) is 16.7. The first-order valence-electron chi connectivity index (χ1n) is 9.64. The lowest BCUT2D eigenvalue weighted by Gasteiger charge is -2.33. The van der Waals surface area contributed by atoms with Crippen molar-refractivity contribution < 1.29 is 4.39 Å². The minimum atomic E-state index is -0.202. The van der Waals surface area contributed by atoms with E-state index in [4.69, 9.17) is 0 Å². The number of rotatable bonds is 6. The molecule has 5 nitrogen and oxygen atoms in total. The quantitative estimate of drug-likeness (QED) is 0.246. The number of halogens is 2. The van der Waals surface area contributed by atoms with E-state index in [1.165, 1.54) is 11.6 Å². The molecule has 3 rings (SSSR count). The molecule has 2 heterocycles. The average Bonchev–Trinajstić information content (AvgIpc) is 3.04. The fourth-order valence-electron chi connectivity index (χ4n) is 3.68. The van der Waals surface area contributed by atoms with Crippen molar-refractivity contribution in [3.8, 4) is 0 Å². The van der Waals surface area contributed by atoms with Gasteiger partial charge in [-0.25, -0.2) is 4.39 Å². The smallest absolute Gasteiger partial charge is 0.191 e. The van der Waals surface area contributed by atoms with E-state index in [1.807, 2.05) is 6.20 Å². The van der Waals surface area contributed by atoms with Crippen molar-refractivity contribution in [2.45, 2.75) is 32.2 Å². The largest absolute Gasteiger partial charge is 0.361 e. The number of nitrogens with one attached hydrogen (secondary N) is 3. The van der Waals surface area contributed by atoms with E-state index in [1.54, 1.807) is 19.2 Å². The molecule has 7 heteroatoms. The van der Waals surface area contributed by atoms with Crippen LogP contribution < -0.4 is 10.6 Å². The molecule has 0 aliphatic carbocycles. The molecular weight excluding hydrogens is 468 g/mol. The highest BCUT2D eigenvalue weighted by molar-refractivity contribution is 14.0. The van der Waals surface area contributed by atoms with Crippen LogP contribution in [0.4, 0.5) is 4.39 Å². The normalized spacial score (nSPS) is 16.0. The van der Waals surface area contributed by atoms with Gasteiger partial charge in [0.05, 0.1) is 0 Å². The molecule has 0 amide bonds. The van der Waals surface area contributed by atoms with Crippen LogP contribution in [0, 0.1) is 5.82 Å². The Hall–Kier alpha value is -1.61. The maximum atomic E-state index is 13.5. The monoisotopic (exact) mass is 499 g/mol. The number of hydrogen-bond donors (Lipinski definition) is 3. The van der Waals surface area contributed by atoms with Gasteiger partial charge in [-0.1, -0.05) is 12.2 Å². The van der Waals surface area contributed by atoms with Gasteiger partial charge in [0.1, 0.15) is 5.82 Å². The molecule has 0 atom stereocenters. The van der Waals surface area contributed by atoms with E-state index in [9.17, 15) is 4.39 Å². The fraction of sp³-hybridized carbons (Fsp3) is 0.476. The van der Waals surface area contributed by atoms with E-state index in [0.717, 1.165) is 67.9 Å². The van der Waals surface area contributed by atoms with Crippen molar-refractivity contribution in [3.63, 3.8) is 0 Å². The second-order valence-corrected chi connectivity index (χ2v) is 7.40. The van der Waals surface area contributed by atoms with Gasteiger partial charge >= 0.3 is 0 Å². The Morgan fingerprint density at radius 3 is 2.79 bits per heavy atom. The third-order valence-corrected chi connectivity index (χ3v) is 5.06. The molecule has 1 fully saturated rings. The van der Waals surface area contributed by atoms with Gasteiger partial charge in [-0.05, 0) is 49.9 Å². The van der Waals surface area contributed by atoms with Gasteiger partial charge in [0.25, 0.3) is 0 Å². The number of nitrogens with zero attached hydrogens (tertiary/aromatic N) is 2. The molecule has 1 saturated heterocycles. The molecule has 0 unspecified atom stereocenters. The van der Waals surface area contributed by atoms with Gasteiger partial charge in [0.15, 0.2) is 5.96 Å². The van der Waals surface area contributed by atoms with Crippen molar-refractivity contribution in [2.24, 2.45) is 4.99 Å². The van der Waals surface area contributed by atoms with Crippen molar-refractivity contribution in [1.29, 1.82) is 0 Å². The summed E-state index contributed by atoms with van der Waals surface area (Å²) in [4.78, 5) is 9.99. The standard InChI is InChI=1S/C21H30FN5.HI/c1-15(2)14-27-10-7-18(8-11-27)26-21(23-3)24-9-6-16-13-25-20-5-4-17(22)12-19(16)20;/h4-5,12-13,18,25H,1,6-11,14H2,2-3H3,(H2,23,24,26);1H. The Balaban J connectivity index is 0.00000280. The maximum absolute atomic E-state index is 13.5. The highest BCUT2D eigenvalue weighted by atomic mass is 127. The Morgan fingerprint density at radius 2 is 2.11 bits per heavy atom. The topological polar surface area (TPSA) is 55.4 Å². The van der Waals surface area contributed by atoms with Crippen LogP contribution in [0.3, 0.4) is 0 Å². The molecule has 0 bridgehead atoms. The summed E-state index contributed by atoms with van der Waals surface area (Å²) < 4.78 is 13.5. The highest BCUT2D eigenvalue weighted by Crippen LogP contribution is 2.19. The molecular formula is C21H31FIN5. The number of benzene rings is 1. The summed E-state index contributed by atoms with van der Waals surface area (Å²) >= 11 is 0. The van der Waals surface area contributed by atoms with Crippen LogP contribution in [0.5, 0.6) is 0 Å². The lowest BCUT2D eigenvalue weighted by Crippen LogP contribution is -2.49. The molecule has 1 aromatic carbocycles. The molecule has 1 aliphatic heterocycles. The summed E-state index contributed by atoms with van der Waals surface area (Å²) in [7, 11) is 1.80. The molecule has 28 heavy (non-hydrogen) atoms. The number of hydrogen-bond acceptors (Lipinski definition) is 2. The van der Waals surface area contributed by atoms with Gasteiger partial charge in [-0.2, -0.15) is 0 Å². The molecule has 0 saturated carbocycles. The van der Waals surface area contributed by atoms with E-state index in [-0.39, 0.29) is 29.8 Å². The third kappa shape index (κ3) is 6.20. The number of likely N-dealkylation sites (tertiary alicyclic amines) is 1. The van der Waals surface area contributed by atoms with Gasteiger partial charge in [0.2, 0.25) is 0 Å². The van der Waals surface area contributed by atoms with Crippen LogP contribution in [0.1, 0.15) is 25.3 Å². The van der Waals surface area contributed by atoms with Gasteiger partial charge in [-0.3, -0.25) is 9.89 Å². The molecule has 1 aliphatic rings. The number of aliphatic imine (C=N–C) groups is 1. The van der Waals surface area contributed by atoms with Crippen molar-refractivity contribution in [1.82, 2.24) is 20.5 Å². The summed E-state index contributed by atoms with van der Waals surface area (Å²) in [5, 5.41) is 7.86. The highest BCUT2D eigenvalue weighted by Gasteiger charge is 2.19. The predicted molar refractivity (Wildman–Crippen MR) is 126 cm³/mol. The number of aromatic nitrogens is 1. The summed E-state index contributed by atoms with van der Waals surface area (Å²) in [6.07, 6.45) is 4.98. The molecule has 2 aromatic rings. The molecule has 0 spiro atoms. The lowest BCUT2D eigenvalue weighted by atomic mass is 10.0. The number of H-pyrrole nitrogens is 1. The number of guanidine groups is 1. The first-order chi connectivity index (χ1) is 13.0.